The molecule has 0 aliphatic carbocycles. The first-order chi connectivity index (χ1) is 13.1. The molecule has 5 rings (SSSR count). The number of hydrogen-bond donors (Lipinski definition) is 0. The van der Waals surface area contributed by atoms with Gasteiger partial charge < -0.3 is 14.2 Å². The van der Waals surface area contributed by atoms with Gasteiger partial charge in [-0.2, -0.15) is 0 Å². The van der Waals surface area contributed by atoms with E-state index in [1.54, 1.807) is 11.7 Å². The van der Waals surface area contributed by atoms with Crippen LogP contribution in [0.15, 0.2) is 35.1 Å². The number of para-hydroxylation sites is 1. The highest BCUT2D eigenvalue weighted by Gasteiger charge is 2.40. The number of fused-ring (bicyclic) bond motifs is 5. The molecule has 27 heavy (non-hydrogen) atoms. The molecule has 0 saturated carbocycles. The number of pyridine rings is 1. The summed E-state index contributed by atoms with van der Waals surface area (Å²) in [5, 5.41) is 1.07. The Morgan fingerprint density at radius 3 is 2.78 bits per heavy atom. The highest BCUT2D eigenvalue weighted by Crippen LogP contribution is 2.29. The van der Waals surface area contributed by atoms with E-state index in [9.17, 15) is 9.59 Å². The predicted molar refractivity (Wildman–Crippen MR) is 105 cm³/mol. The van der Waals surface area contributed by atoms with E-state index >= 15 is 0 Å². The number of carbonyl (C=O) groups is 1. The Morgan fingerprint density at radius 2 is 1.96 bits per heavy atom. The summed E-state index contributed by atoms with van der Waals surface area (Å²) >= 11 is 0. The average Bonchev–Trinajstić information content (AvgIpc) is 2.94. The number of amides is 1. The highest BCUT2D eigenvalue weighted by atomic mass is 16.5. The van der Waals surface area contributed by atoms with Gasteiger partial charge in [-0.15, -0.1) is 0 Å². The Bertz CT molecular complexity index is 907. The van der Waals surface area contributed by atoms with Gasteiger partial charge >= 0.3 is 0 Å². The topological polar surface area (TPSA) is 54.8 Å². The minimum absolute atomic E-state index is 0.0323. The van der Waals surface area contributed by atoms with E-state index in [-0.39, 0.29) is 23.4 Å². The molecule has 1 amide bonds. The number of carbonyl (C=O) groups excluding carboxylic acids is 1. The number of rotatable bonds is 5. The second-order valence-corrected chi connectivity index (χ2v) is 7.74. The molecule has 1 aromatic heterocycles. The van der Waals surface area contributed by atoms with Gasteiger partial charge in [0.25, 0.3) is 5.56 Å². The summed E-state index contributed by atoms with van der Waals surface area (Å²) in [4.78, 5) is 29.9. The van der Waals surface area contributed by atoms with Gasteiger partial charge in [0.05, 0.1) is 18.0 Å². The van der Waals surface area contributed by atoms with Crippen molar-refractivity contribution in [3.63, 3.8) is 0 Å². The van der Waals surface area contributed by atoms with Crippen LogP contribution in [0.2, 0.25) is 0 Å². The molecule has 144 valence electrons. The molecule has 2 atom stereocenters. The van der Waals surface area contributed by atoms with Gasteiger partial charge in [0.1, 0.15) is 0 Å². The number of benzene rings is 1. The fraction of sp³-hybridized carbons (Fsp3) is 0.524. The summed E-state index contributed by atoms with van der Waals surface area (Å²) in [7, 11) is 3.50. The van der Waals surface area contributed by atoms with Gasteiger partial charge in [-0.1, -0.05) is 18.2 Å². The van der Waals surface area contributed by atoms with Crippen LogP contribution in [0.3, 0.4) is 0 Å². The summed E-state index contributed by atoms with van der Waals surface area (Å²) in [6.45, 7) is 3.37. The average molecular weight is 369 g/mol. The highest BCUT2D eigenvalue weighted by molar-refractivity contribution is 5.81. The third kappa shape index (κ3) is 3.39. The zero-order valence-electron chi connectivity index (χ0n) is 16.1. The second kappa shape index (κ2) is 7.44. The van der Waals surface area contributed by atoms with E-state index < -0.39 is 0 Å². The van der Waals surface area contributed by atoms with Crippen LogP contribution in [-0.2, 0) is 23.1 Å². The van der Waals surface area contributed by atoms with Crippen molar-refractivity contribution in [3.8, 4) is 0 Å². The molecule has 3 aliphatic rings. The molecule has 0 radical (unpaired) electrons. The minimum Gasteiger partial charge on any atom is -0.383 e. The maximum atomic E-state index is 12.8. The van der Waals surface area contributed by atoms with Crippen LogP contribution in [0.1, 0.15) is 18.4 Å². The normalized spacial score (nSPS) is 23.2. The molecular formula is C21H27N3O3. The summed E-state index contributed by atoms with van der Waals surface area (Å²) in [6.07, 6.45) is 1.98. The molecule has 0 N–H and O–H groups in total. The molecule has 0 unspecified atom stereocenters. The monoisotopic (exact) mass is 369 g/mol. The van der Waals surface area contributed by atoms with Crippen LogP contribution >= 0.6 is 0 Å². The number of aryl methyl sites for hydroxylation is 1. The van der Waals surface area contributed by atoms with Gasteiger partial charge in [-0.25, -0.2) is 0 Å². The first kappa shape index (κ1) is 18.2. The minimum atomic E-state index is 0.0323. The first-order valence-electron chi connectivity index (χ1n) is 9.68. The van der Waals surface area contributed by atoms with Crippen molar-refractivity contribution in [2.75, 3.05) is 33.4 Å². The lowest BCUT2D eigenvalue weighted by Gasteiger charge is -2.35. The zero-order valence-corrected chi connectivity index (χ0v) is 16.1. The Balaban J connectivity index is 1.59. The largest absolute Gasteiger partial charge is 0.383 e. The molecule has 3 fully saturated rings. The van der Waals surface area contributed by atoms with Crippen molar-refractivity contribution in [1.82, 2.24) is 14.4 Å². The van der Waals surface area contributed by atoms with Crippen molar-refractivity contribution >= 4 is 16.8 Å². The molecule has 6 nitrogen and oxygen atoms in total. The van der Waals surface area contributed by atoms with Crippen LogP contribution in [0.4, 0.5) is 0 Å². The SMILES string of the molecule is COCCN1C(=O)[C@H]2CC[C@@H]1CN(Cc1cc3ccccc3n(C)c1=O)C2. The third-order valence-corrected chi connectivity index (χ3v) is 6.01. The summed E-state index contributed by atoms with van der Waals surface area (Å²) in [5.74, 6) is 0.280. The predicted octanol–water partition coefficient (Wildman–Crippen LogP) is 1.61. The van der Waals surface area contributed by atoms with Gasteiger partial charge in [-0.05, 0) is 30.4 Å². The van der Waals surface area contributed by atoms with E-state index in [2.05, 4.69) is 4.90 Å². The van der Waals surface area contributed by atoms with E-state index in [4.69, 9.17) is 4.74 Å². The smallest absolute Gasteiger partial charge is 0.255 e. The number of piperidine rings is 1. The quantitative estimate of drug-likeness (QED) is 0.804. The number of ether oxygens (including phenoxy) is 1. The molecule has 2 bridgehead atoms. The molecule has 3 aliphatic heterocycles. The number of nitrogens with zero attached hydrogens (tertiary/aromatic N) is 3. The Morgan fingerprint density at radius 1 is 1.15 bits per heavy atom. The zero-order chi connectivity index (χ0) is 19.0. The number of hydrogen-bond acceptors (Lipinski definition) is 4. The third-order valence-electron chi connectivity index (χ3n) is 6.01. The maximum absolute atomic E-state index is 12.8. The van der Waals surface area contributed by atoms with Crippen LogP contribution in [0, 0.1) is 5.92 Å². The van der Waals surface area contributed by atoms with Crippen molar-refractivity contribution in [1.29, 1.82) is 0 Å². The van der Waals surface area contributed by atoms with Crippen molar-refractivity contribution in [2.45, 2.75) is 25.4 Å². The van der Waals surface area contributed by atoms with Gasteiger partial charge in [0, 0.05) is 51.9 Å². The van der Waals surface area contributed by atoms with Gasteiger partial charge in [0.2, 0.25) is 5.91 Å². The molecule has 1 aromatic carbocycles. The first-order valence-corrected chi connectivity index (χ1v) is 9.68. The van der Waals surface area contributed by atoms with Crippen LogP contribution in [0.25, 0.3) is 10.9 Å². The molecule has 6 heteroatoms. The maximum Gasteiger partial charge on any atom is 0.255 e. The Kier molecular flexibility index (Phi) is 5.02. The van der Waals surface area contributed by atoms with Crippen molar-refractivity contribution in [2.24, 2.45) is 13.0 Å². The van der Waals surface area contributed by atoms with Gasteiger partial charge in [-0.3, -0.25) is 14.5 Å². The molecule has 3 saturated heterocycles. The van der Waals surface area contributed by atoms with Crippen molar-refractivity contribution < 1.29 is 9.53 Å². The van der Waals surface area contributed by atoms with Gasteiger partial charge in [0.15, 0.2) is 0 Å². The number of aromatic nitrogens is 1. The fourth-order valence-electron chi connectivity index (χ4n) is 4.59. The fourth-order valence-corrected chi connectivity index (χ4v) is 4.59. The molecule has 4 heterocycles. The van der Waals surface area contributed by atoms with Crippen LogP contribution < -0.4 is 5.56 Å². The second-order valence-electron chi connectivity index (χ2n) is 7.74. The van der Waals surface area contributed by atoms with E-state index in [0.29, 0.717) is 19.7 Å². The Hall–Kier alpha value is -2.18. The summed E-state index contributed by atoms with van der Waals surface area (Å²) in [6, 6.07) is 10.2. The number of methoxy groups -OCH3 is 1. The lowest BCUT2D eigenvalue weighted by atomic mass is 9.94. The van der Waals surface area contributed by atoms with Crippen molar-refractivity contribution in [3.05, 3.63) is 46.2 Å². The molecule has 0 spiro atoms. The molecular weight excluding hydrogens is 342 g/mol. The molecule has 2 aromatic rings. The lowest BCUT2D eigenvalue weighted by molar-refractivity contribution is -0.140. The van der Waals surface area contributed by atoms with E-state index in [0.717, 1.165) is 42.4 Å². The van der Waals surface area contributed by atoms with E-state index in [1.807, 2.05) is 42.3 Å². The summed E-state index contributed by atoms with van der Waals surface area (Å²) < 4.78 is 6.91. The van der Waals surface area contributed by atoms with Crippen LogP contribution in [-0.4, -0.2) is 59.7 Å². The van der Waals surface area contributed by atoms with E-state index in [1.165, 1.54) is 0 Å². The standard InChI is InChI=1S/C21H27N3O3/c1-22-19-6-4-3-5-15(19)11-17(20(22)25)13-23-12-16-7-8-18(14-23)24(21(16)26)9-10-27-2/h3-6,11,16,18H,7-10,12-14H2,1-2H3/t16-,18+/m0/s1. The Labute approximate surface area is 159 Å². The lowest BCUT2D eigenvalue weighted by Crippen LogP contribution is -2.49. The summed E-state index contributed by atoms with van der Waals surface area (Å²) in [5.41, 5.74) is 1.80. The van der Waals surface area contributed by atoms with Crippen LogP contribution in [0.5, 0.6) is 0 Å².